The molecule has 1 aromatic carbocycles. The van der Waals surface area contributed by atoms with Gasteiger partial charge in [-0.2, -0.15) is 0 Å². The second kappa shape index (κ2) is 5.33. The van der Waals surface area contributed by atoms with Gasteiger partial charge in [-0.25, -0.2) is 0 Å². The van der Waals surface area contributed by atoms with E-state index in [1.165, 1.54) is 30.4 Å². The van der Waals surface area contributed by atoms with E-state index in [1.807, 2.05) is 18.0 Å². The average Bonchev–Trinajstić information content (AvgIpc) is 2.94. The number of aryl methyl sites for hydroxylation is 2. The number of fused-ring (bicyclic) bond motifs is 1. The van der Waals surface area contributed by atoms with E-state index < -0.39 is 0 Å². The molecule has 3 nitrogen and oxygen atoms in total. The van der Waals surface area contributed by atoms with E-state index in [9.17, 15) is 4.79 Å². The summed E-state index contributed by atoms with van der Waals surface area (Å²) in [6.45, 7) is 1.74. The number of benzene rings is 1. The van der Waals surface area contributed by atoms with Crippen molar-refractivity contribution >= 4 is 5.91 Å². The maximum Gasteiger partial charge on any atom is 0.253 e. The van der Waals surface area contributed by atoms with Crippen molar-refractivity contribution in [2.75, 3.05) is 20.1 Å². The van der Waals surface area contributed by atoms with Gasteiger partial charge in [0, 0.05) is 24.7 Å². The predicted molar refractivity (Wildman–Crippen MR) is 76.5 cm³/mol. The van der Waals surface area contributed by atoms with E-state index >= 15 is 0 Å². The van der Waals surface area contributed by atoms with Gasteiger partial charge in [0.1, 0.15) is 0 Å². The zero-order chi connectivity index (χ0) is 13.2. The van der Waals surface area contributed by atoms with E-state index in [0.717, 1.165) is 31.5 Å². The molecule has 1 fully saturated rings. The van der Waals surface area contributed by atoms with Crippen LogP contribution >= 0.6 is 0 Å². The molecule has 1 saturated heterocycles. The highest BCUT2D eigenvalue weighted by Gasteiger charge is 2.24. The number of amides is 1. The van der Waals surface area contributed by atoms with E-state index in [2.05, 4.69) is 17.4 Å². The molecule has 1 heterocycles. The molecule has 0 bridgehead atoms. The molecular weight excluding hydrogens is 236 g/mol. The number of nitrogens with zero attached hydrogens (tertiary/aromatic N) is 1. The Morgan fingerprint density at radius 2 is 2.11 bits per heavy atom. The van der Waals surface area contributed by atoms with Crippen LogP contribution in [-0.4, -0.2) is 37.0 Å². The standard InChI is InChI=1S/C16H22N2O/c1-17-15-6-3-9-18(11-15)16(19)14-8-7-12-4-2-5-13(12)10-14/h7-8,10,15,17H,2-6,9,11H2,1H3. The van der Waals surface area contributed by atoms with Gasteiger partial charge < -0.3 is 10.2 Å². The summed E-state index contributed by atoms with van der Waals surface area (Å²) < 4.78 is 0. The van der Waals surface area contributed by atoms with Crippen molar-refractivity contribution in [2.45, 2.75) is 38.1 Å². The van der Waals surface area contributed by atoms with Crippen LogP contribution in [0.3, 0.4) is 0 Å². The third kappa shape index (κ3) is 2.52. The molecule has 1 unspecified atom stereocenters. The Hall–Kier alpha value is -1.35. The van der Waals surface area contributed by atoms with Crippen molar-refractivity contribution in [1.82, 2.24) is 10.2 Å². The number of rotatable bonds is 2. The first-order chi connectivity index (χ1) is 9.28. The van der Waals surface area contributed by atoms with E-state index in [1.54, 1.807) is 0 Å². The molecule has 2 aliphatic rings. The number of likely N-dealkylation sites (N-methyl/N-ethyl adjacent to an activating group) is 1. The Balaban J connectivity index is 1.76. The summed E-state index contributed by atoms with van der Waals surface area (Å²) >= 11 is 0. The minimum absolute atomic E-state index is 0.203. The minimum atomic E-state index is 0.203. The van der Waals surface area contributed by atoms with Crippen molar-refractivity contribution < 1.29 is 4.79 Å². The molecule has 1 aromatic rings. The predicted octanol–water partition coefficient (Wildman–Crippen LogP) is 2.00. The number of hydrogen-bond acceptors (Lipinski definition) is 2. The summed E-state index contributed by atoms with van der Waals surface area (Å²) in [5, 5.41) is 3.29. The highest BCUT2D eigenvalue weighted by atomic mass is 16.2. The van der Waals surface area contributed by atoms with Gasteiger partial charge in [-0.15, -0.1) is 0 Å². The highest BCUT2D eigenvalue weighted by molar-refractivity contribution is 5.94. The molecule has 1 atom stereocenters. The molecule has 1 aliphatic heterocycles. The van der Waals surface area contributed by atoms with Crippen LogP contribution in [0.2, 0.25) is 0 Å². The van der Waals surface area contributed by atoms with Gasteiger partial charge in [0.05, 0.1) is 0 Å². The van der Waals surface area contributed by atoms with Crippen LogP contribution in [0.5, 0.6) is 0 Å². The summed E-state index contributed by atoms with van der Waals surface area (Å²) in [5.41, 5.74) is 3.69. The fourth-order valence-electron chi connectivity index (χ4n) is 3.28. The Labute approximate surface area is 115 Å². The topological polar surface area (TPSA) is 32.3 Å². The molecule has 1 amide bonds. The van der Waals surface area contributed by atoms with Crippen molar-refractivity contribution in [3.63, 3.8) is 0 Å². The SMILES string of the molecule is CNC1CCCN(C(=O)c2ccc3c(c2)CCC3)C1. The lowest BCUT2D eigenvalue weighted by atomic mass is 10.0. The first-order valence-corrected chi connectivity index (χ1v) is 7.36. The highest BCUT2D eigenvalue weighted by Crippen LogP contribution is 2.24. The van der Waals surface area contributed by atoms with Crippen LogP contribution in [0, 0.1) is 0 Å². The summed E-state index contributed by atoms with van der Waals surface area (Å²) in [5.74, 6) is 0.203. The second-order valence-corrected chi connectivity index (χ2v) is 5.72. The van der Waals surface area contributed by atoms with E-state index in [0.29, 0.717) is 6.04 Å². The Bertz CT molecular complexity index is 484. The first kappa shape index (κ1) is 12.7. The molecule has 0 saturated carbocycles. The number of nitrogens with one attached hydrogen (secondary N) is 1. The van der Waals surface area contributed by atoms with Crippen LogP contribution in [0.1, 0.15) is 40.7 Å². The quantitative estimate of drug-likeness (QED) is 0.880. The number of carbonyl (C=O) groups excluding carboxylic acids is 1. The van der Waals surface area contributed by atoms with Gasteiger partial charge >= 0.3 is 0 Å². The molecule has 0 spiro atoms. The smallest absolute Gasteiger partial charge is 0.253 e. The molecule has 3 rings (SSSR count). The van der Waals surface area contributed by atoms with Gasteiger partial charge in [-0.3, -0.25) is 4.79 Å². The fourth-order valence-corrected chi connectivity index (χ4v) is 3.28. The molecule has 19 heavy (non-hydrogen) atoms. The third-order valence-corrected chi connectivity index (χ3v) is 4.46. The maximum absolute atomic E-state index is 12.6. The number of likely N-dealkylation sites (tertiary alicyclic amines) is 1. The summed E-state index contributed by atoms with van der Waals surface area (Å²) in [7, 11) is 1.98. The van der Waals surface area contributed by atoms with Crippen molar-refractivity contribution in [3.05, 3.63) is 34.9 Å². The molecule has 0 radical (unpaired) electrons. The van der Waals surface area contributed by atoms with Gasteiger partial charge in [-0.1, -0.05) is 6.07 Å². The third-order valence-electron chi connectivity index (χ3n) is 4.46. The molecule has 0 aromatic heterocycles. The van der Waals surface area contributed by atoms with Crippen LogP contribution in [-0.2, 0) is 12.8 Å². The van der Waals surface area contributed by atoms with Gasteiger partial charge in [0.25, 0.3) is 5.91 Å². The van der Waals surface area contributed by atoms with Gasteiger partial charge in [0.2, 0.25) is 0 Å². The molecule has 3 heteroatoms. The lowest BCUT2D eigenvalue weighted by molar-refractivity contribution is 0.0698. The zero-order valence-corrected chi connectivity index (χ0v) is 11.6. The van der Waals surface area contributed by atoms with Crippen molar-refractivity contribution in [2.24, 2.45) is 0 Å². The molecular formula is C16H22N2O. The van der Waals surface area contributed by atoms with Crippen LogP contribution in [0.4, 0.5) is 0 Å². The van der Waals surface area contributed by atoms with Crippen LogP contribution < -0.4 is 5.32 Å². The zero-order valence-electron chi connectivity index (χ0n) is 11.6. The van der Waals surface area contributed by atoms with E-state index in [4.69, 9.17) is 0 Å². The molecule has 102 valence electrons. The van der Waals surface area contributed by atoms with E-state index in [-0.39, 0.29) is 5.91 Å². The number of carbonyl (C=O) groups is 1. The normalized spacial score (nSPS) is 22.4. The summed E-state index contributed by atoms with van der Waals surface area (Å²) in [6, 6.07) is 6.73. The number of hydrogen-bond donors (Lipinski definition) is 1. The fraction of sp³-hybridized carbons (Fsp3) is 0.562. The maximum atomic E-state index is 12.6. The largest absolute Gasteiger partial charge is 0.337 e. The van der Waals surface area contributed by atoms with Gasteiger partial charge in [-0.05, 0) is 62.4 Å². The number of piperidine rings is 1. The van der Waals surface area contributed by atoms with Crippen LogP contribution in [0.25, 0.3) is 0 Å². The summed E-state index contributed by atoms with van der Waals surface area (Å²) in [6.07, 6.45) is 5.82. The molecule has 1 aliphatic carbocycles. The average molecular weight is 258 g/mol. The Morgan fingerprint density at radius 1 is 1.26 bits per heavy atom. The Kier molecular flexibility index (Phi) is 3.56. The van der Waals surface area contributed by atoms with Gasteiger partial charge in [0.15, 0.2) is 0 Å². The summed E-state index contributed by atoms with van der Waals surface area (Å²) in [4.78, 5) is 14.6. The lowest BCUT2D eigenvalue weighted by Crippen LogP contribution is -2.46. The molecule has 1 N–H and O–H groups in total. The second-order valence-electron chi connectivity index (χ2n) is 5.72. The lowest BCUT2D eigenvalue weighted by Gasteiger charge is -2.32. The Morgan fingerprint density at radius 3 is 2.95 bits per heavy atom. The van der Waals surface area contributed by atoms with Crippen LogP contribution in [0.15, 0.2) is 18.2 Å². The van der Waals surface area contributed by atoms with Crippen molar-refractivity contribution in [3.8, 4) is 0 Å². The van der Waals surface area contributed by atoms with Crippen molar-refractivity contribution in [1.29, 1.82) is 0 Å². The monoisotopic (exact) mass is 258 g/mol. The first-order valence-electron chi connectivity index (χ1n) is 7.36. The minimum Gasteiger partial charge on any atom is -0.337 e.